The summed E-state index contributed by atoms with van der Waals surface area (Å²) < 4.78 is 5.92. The maximum absolute atomic E-state index is 9.60. The number of benzene rings is 1. The second-order valence-corrected chi connectivity index (χ2v) is 5.76. The summed E-state index contributed by atoms with van der Waals surface area (Å²) in [6, 6.07) is 10.4. The Hall–Kier alpha value is -1.65. The first-order valence-corrected chi connectivity index (χ1v) is 7.05. The minimum Gasteiger partial charge on any atom is -0.489 e. The van der Waals surface area contributed by atoms with Gasteiger partial charge in [-0.15, -0.1) is 0 Å². The van der Waals surface area contributed by atoms with Crippen LogP contribution in [-0.4, -0.2) is 34.9 Å². The fourth-order valence-corrected chi connectivity index (χ4v) is 2.28. The van der Waals surface area contributed by atoms with Gasteiger partial charge in [0.15, 0.2) is 0 Å². The van der Waals surface area contributed by atoms with E-state index in [4.69, 9.17) is 4.74 Å². The molecule has 1 saturated carbocycles. The van der Waals surface area contributed by atoms with Crippen LogP contribution >= 0.6 is 0 Å². The van der Waals surface area contributed by atoms with Gasteiger partial charge in [0.2, 0.25) is 0 Å². The Morgan fingerprint density at radius 1 is 1.35 bits per heavy atom. The molecule has 4 heteroatoms. The zero-order valence-corrected chi connectivity index (χ0v) is 11.7. The Kier molecular flexibility index (Phi) is 3.59. The molecule has 20 heavy (non-hydrogen) atoms. The predicted octanol–water partition coefficient (Wildman–Crippen LogP) is 2.12. The van der Waals surface area contributed by atoms with Gasteiger partial charge in [-0.3, -0.25) is 4.98 Å². The van der Waals surface area contributed by atoms with Crippen molar-refractivity contribution in [1.29, 1.82) is 0 Å². The number of para-hydroxylation sites is 1. The summed E-state index contributed by atoms with van der Waals surface area (Å²) in [5, 5.41) is 14.1. The number of rotatable bonds is 6. The molecule has 0 aliphatic heterocycles. The minimum absolute atomic E-state index is 0.0572. The number of ether oxygens (including phenoxy) is 1. The number of aromatic nitrogens is 1. The maximum Gasteiger partial charge on any atom is 0.145 e. The first kappa shape index (κ1) is 13.3. The van der Waals surface area contributed by atoms with Crippen LogP contribution in [-0.2, 0) is 0 Å². The van der Waals surface area contributed by atoms with Crippen LogP contribution in [0.4, 0.5) is 0 Å². The van der Waals surface area contributed by atoms with Crippen LogP contribution in [0.3, 0.4) is 0 Å². The third-order valence-corrected chi connectivity index (χ3v) is 3.62. The Bertz CT molecular complexity index is 593. The van der Waals surface area contributed by atoms with Crippen molar-refractivity contribution in [2.24, 2.45) is 0 Å². The number of fused-ring (bicyclic) bond motifs is 1. The molecule has 0 radical (unpaired) electrons. The largest absolute Gasteiger partial charge is 0.489 e. The summed E-state index contributed by atoms with van der Waals surface area (Å²) in [6.45, 7) is 2.47. The molecule has 4 nitrogen and oxygen atoms in total. The summed E-state index contributed by atoms with van der Waals surface area (Å²) in [5.41, 5.74) is 0.458. The van der Waals surface area contributed by atoms with Gasteiger partial charge >= 0.3 is 0 Å². The molecule has 1 aromatic heterocycles. The summed E-state index contributed by atoms with van der Waals surface area (Å²) >= 11 is 0. The van der Waals surface area contributed by atoms with E-state index in [1.165, 1.54) is 12.8 Å². The maximum atomic E-state index is 9.60. The van der Waals surface area contributed by atoms with Crippen LogP contribution in [0.1, 0.15) is 19.8 Å². The van der Waals surface area contributed by atoms with Crippen molar-refractivity contribution in [2.75, 3.05) is 13.2 Å². The number of pyridine rings is 1. The number of nitrogens with one attached hydrogen (secondary N) is 1. The zero-order chi connectivity index (χ0) is 14.0. The van der Waals surface area contributed by atoms with Gasteiger partial charge in [-0.05, 0) is 31.9 Å². The van der Waals surface area contributed by atoms with Gasteiger partial charge in [-0.25, -0.2) is 0 Å². The molecule has 1 atom stereocenters. The van der Waals surface area contributed by atoms with Gasteiger partial charge in [-0.2, -0.15) is 0 Å². The molecular weight excluding hydrogens is 252 g/mol. The lowest BCUT2D eigenvalue weighted by Crippen LogP contribution is -2.51. The topological polar surface area (TPSA) is 54.4 Å². The molecule has 1 heterocycles. The summed E-state index contributed by atoms with van der Waals surface area (Å²) in [5.74, 6) is 0.764. The van der Waals surface area contributed by atoms with Crippen molar-refractivity contribution in [3.05, 3.63) is 36.5 Å². The number of nitrogens with zero attached hydrogens (tertiary/aromatic N) is 1. The number of hydrogen-bond acceptors (Lipinski definition) is 4. The molecule has 1 aliphatic carbocycles. The molecule has 1 fully saturated rings. The lowest BCUT2D eigenvalue weighted by atomic mass is 10.1. The average Bonchev–Trinajstić information content (AvgIpc) is 3.29. The smallest absolute Gasteiger partial charge is 0.145 e. The number of hydrogen-bond donors (Lipinski definition) is 2. The SMILES string of the molecule is CC(CO)(COc1cccc2cccnc12)NC1CC1. The van der Waals surface area contributed by atoms with E-state index in [-0.39, 0.29) is 6.61 Å². The summed E-state index contributed by atoms with van der Waals surface area (Å²) in [4.78, 5) is 4.37. The molecule has 0 saturated heterocycles. The Morgan fingerprint density at radius 3 is 2.90 bits per heavy atom. The first-order chi connectivity index (χ1) is 9.70. The quantitative estimate of drug-likeness (QED) is 0.845. The van der Waals surface area contributed by atoms with Crippen LogP contribution < -0.4 is 10.1 Å². The molecule has 0 amide bonds. The molecule has 0 spiro atoms. The van der Waals surface area contributed by atoms with E-state index in [0.717, 1.165) is 16.7 Å². The lowest BCUT2D eigenvalue weighted by Gasteiger charge is -2.29. The van der Waals surface area contributed by atoms with Gasteiger partial charge in [0, 0.05) is 17.6 Å². The van der Waals surface area contributed by atoms with Gasteiger partial charge in [0.1, 0.15) is 17.9 Å². The zero-order valence-electron chi connectivity index (χ0n) is 11.7. The Labute approximate surface area is 118 Å². The predicted molar refractivity (Wildman–Crippen MR) is 78.9 cm³/mol. The van der Waals surface area contributed by atoms with Crippen molar-refractivity contribution in [3.8, 4) is 5.75 Å². The monoisotopic (exact) mass is 272 g/mol. The fraction of sp³-hybridized carbons (Fsp3) is 0.438. The van der Waals surface area contributed by atoms with E-state index in [9.17, 15) is 5.11 Å². The van der Waals surface area contributed by atoms with Crippen LogP contribution in [0, 0.1) is 0 Å². The summed E-state index contributed by atoms with van der Waals surface area (Å²) in [7, 11) is 0. The third kappa shape index (κ3) is 2.92. The van der Waals surface area contributed by atoms with E-state index in [2.05, 4.69) is 10.3 Å². The second-order valence-electron chi connectivity index (χ2n) is 5.76. The van der Waals surface area contributed by atoms with Crippen molar-refractivity contribution < 1.29 is 9.84 Å². The van der Waals surface area contributed by atoms with Crippen molar-refractivity contribution in [1.82, 2.24) is 10.3 Å². The number of aliphatic hydroxyl groups is 1. The molecule has 1 aromatic carbocycles. The highest BCUT2D eigenvalue weighted by Crippen LogP contribution is 2.26. The molecule has 0 bridgehead atoms. The van der Waals surface area contributed by atoms with Crippen molar-refractivity contribution in [2.45, 2.75) is 31.3 Å². The average molecular weight is 272 g/mol. The van der Waals surface area contributed by atoms with Gasteiger partial charge in [0.05, 0.1) is 12.1 Å². The lowest BCUT2D eigenvalue weighted by molar-refractivity contribution is 0.115. The highest BCUT2D eigenvalue weighted by Gasteiger charge is 2.32. The van der Waals surface area contributed by atoms with E-state index in [0.29, 0.717) is 12.6 Å². The third-order valence-electron chi connectivity index (χ3n) is 3.62. The first-order valence-electron chi connectivity index (χ1n) is 7.05. The molecule has 2 N–H and O–H groups in total. The van der Waals surface area contributed by atoms with E-state index >= 15 is 0 Å². The molecule has 2 aromatic rings. The van der Waals surface area contributed by atoms with Crippen LogP contribution in [0.5, 0.6) is 5.75 Å². The van der Waals surface area contributed by atoms with Gasteiger partial charge < -0.3 is 15.2 Å². The van der Waals surface area contributed by atoms with Crippen LogP contribution in [0.15, 0.2) is 36.5 Å². The van der Waals surface area contributed by atoms with Crippen molar-refractivity contribution >= 4 is 10.9 Å². The second kappa shape index (κ2) is 5.38. The summed E-state index contributed by atoms with van der Waals surface area (Å²) in [6.07, 6.45) is 4.14. The van der Waals surface area contributed by atoms with Gasteiger partial charge in [0.25, 0.3) is 0 Å². The minimum atomic E-state index is -0.405. The fourth-order valence-electron chi connectivity index (χ4n) is 2.28. The van der Waals surface area contributed by atoms with Crippen LogP contribution in [0.25, 0.3) is 10.9 Å². The van der Waals surface area contributed by atoms with E-state index in [1.54, 1.807) is 6.20 Å². The molecular formula is C16H20N2O2. The molecule has 1 aliphatic rings. The normalized spacial score (nSPS) is 17.9. The number of aliphatic hydroxyl groups excluding tert-OH is 1. The van der Waals surface area contributed by atoms with Crippen LogP contribution in [0.2, 0.25) is 0 Å². The molecule has 3 rings (SSSR count). The van der Waals surface area contributed by atoms with Gasteiger partial charge in [-0.1, -0.05) is 18.2 Å². The van der Waals surface area contributed by atoms with E-state index in [1.807, 2.05) is 37.3 Å². The standard InChI is InChI=1S/C16H20N2O2/c1-16(10-19,18-13-7-8-13)11-20-14-6-2-4-12-5-3-9-17-15(12)14/h2-6,9,13,18-19H,7-8,10-11H2,1H3. The van der Waals surface area contributed by atoms with E-state index < -0.39 is 5.54 Å². The Morgan fingerprint density at radius 2 is 2.15 bits per heavy atom. The van der Waals surface area contributed by atoms with Crippen molar-refractivity contribution in [3.63, 3.8) is 0 Å². The molecule has 106 valence electrons. The molecule has 1 unspecified atom stereocenters. The highest BCUT2D eigenvalue weighted by molar-refractivity contribution is 5.84. The highest BCUT2D eigenvalue weighted by atomic mass is 16.5. The Balaban J connectivity index is 1.75.